The monoisotopic (exact) mass is 172 g/mol. The lowest BCUT2D eigenvalue weighted by molar-refractivity contribution is 0.248. The Labute approximate surface area is 74.3 Å². The van der Waals surface area contributed by atoms with E-state index in [1.807, 2.05) is 0 Å². The van der Waals surface area contributed by atoms with E-state index in [1.165, 1.54) is 44.9 Å². The lowest BCUT2D eigenvalue weighted by Gasteiger charge is -2.28. The molecule has 2 aliphatic rings. The topological polar surface area (TPSA) is 0 Å². The standard InChI is InChI=1S/C10H17Cl/c11-8-10(6-7-10)9-4-2-1-3-5-9/h9H,1-8H2. The number of hydrogen-bond acceptors (Lipinski definition) is 0. The molecule has 0 aromatic heterocycles. The van der Waals surface area contributed by atoms with Gasteiger partial charge >= 0.3 is 0 Å². The summed E-state index contributed by atoms with van der Waals surface area (Å²) in [5.41, 5.74) is 0.627. The van der Waals surface area contributed by atoms with Crippen molar-refractivity contribution in [2.75, 3.05) is 5.88 Å². The van der Waals surface area contributed by atoms with Crippen LogP contribution >= 0.6 is 11.6 Å². The van der Waals surface area contributed by atoms with Crippen molar-refractivity contribution in [1.29, 1.82) is 0 Å². The van der Waals surface area contributed by atoms with E-state index in [4.69, 9.17) is 11.6 Å². The van der Waals surface area contributed by atoms with Gasteiger partial charge in [0.15, 0.2) is 0 Å². The predicted octanol–water partition coefficient (Wildman–Crippen LogP) is 3.59. The van der Waals surface area contributed by atoms with Gasteiger partial charge in [0.2, 0.25) is 0 Å². The number of alkyl halides is 1. The van der Waals surface area contributed by atoms with Gasteiger partial charge in [-0.15, -0.1) is 11.6 Å². The van der Waals surface area contributed by atoms with E-state index in [0.29, 0.717) is 5.41 Å². The molecule has 0 aromatic rings. The quantitative estimate of drug-likeness (QED) is 0.559. The Balaban J connectivity index is 1.92. The average molecular weight is 173 g/mol. The van der Waals surface area contributed by atoms with Crippen LogP contribution in [0, 0.1) is 11.3 Å². The summed E-state index contributed by atoms with van der Waals surface area (Å²) in [5, 5.41) is 0. The Morgan fingerprint density at radius 2 is 1.73 bits per heavy atom. The molecule has 0 amide bonds. The van der Waals surface area contributed by atoms with Gasteiger partial charge in [-0.2, -0.15) is 0 Å². The first-order chi connectivity index (χ1) is 5.37. The van der Waals surface area contributed by atoms with E-state index >= 15 is 0 Å². The molecule has 0 bridgehead atoms. The van der Waals surface area contributed by atoms with Crippen LogP contribution in [0.15, 0.2) is 0 Å². The Hall–Kier alpha value is 0.290. The second-order valence-electron chi connectivity index (χ2n) is 4.33. The molecule has 2 rings (SSSR count). The van der Waals surface area contributed by atoms with Crippen molar-refractivity contribution in [3.8, 4) is 0 Å². The van der Waals surface area contributed by atoms with Gasteiger partial charge in [-0.1, -0.05) is 19.3 Å². The van der Waals surface area contributed by atoms with Gasteiger partial charge in [-0.05, 0) is 37.0 Å². The molecule has 0 aromatic carbocycles. The van der Waals surface area contributed by atoms with Gasteiger partial charge in [0.25, 0.3) is 0 Å². The van der Waals surface area contributed by atoms with Gasteiger partial charge in [0, 0.05) is 5.88 Å². The maximum Gasteiger partial charge on any atom is 0.0282 e. The molecule has 0 saturated heterocycles. The van der Waals surface area contributed by atoms with Crippen LogP contribution in [0.5, 0.6) is 0 Å². The summed E-state index contributed by atoms with van der Waals surface area (Å²) in [5.74, 6) is 1.92. The highest BCUT2D eigenvalue weighted by Gasteiger charge is 2.47. The van der Waals surface area contributed by atoms with E-state index in [2.05, 4.69) is 0 Å². The third-order valence-corrected chi connectivity index (χ3v) is 4.16. The molecule has 11 heavy (non-hydrogen) atoms. The van der Waals surface area contributed by atoms with Crippen LogP contribution in [0.1, 0.15) is 44.9 Å². The van der Waals surface area contributed by atoms with Crippen LogP contribution in [-0.2, 0) is 0 Å². The Morgan fingerprint density at radius 3 is 2.18 bits per heavy atom. The molecule has 1 heteroatoms. The molecule has 0 radical (unpaired) electrons. The van der Waals surface area contributed by atoms with Crippen LogP contribution in [0.25, 0.3) is 0 Å². The second kappa shape index (κ2) is 2.97. The molecule has 2 fully saturated rings. The summed E-state index contributed by atoms with van der Waals surface area (Å²) in [6.45, 7) is 0. The van der Waals surface area contributed by atoms with Gasteiger partial charge in [0.1, 0.15) is 0 Å². The van der Waals surface area contributed by atoms with Gasteiger partial charge in [-0.25, -0.2) is 0 Å². The van der Waals surface area contributed by atoms with E-state index in [-0.39, 0.29) is 0 Å². The highest BCUT2D eigenvalue weighted by molar-refractivity contribution is 6.18. The molecule has 0 aliphatic heterocycles. The first-order valence-corrected chi connectivity index (χ1v) is 5.47. The maximum atomic E-state index is 5.99. The molecule has 0 heterocycles. The van der Waals surface area contributed by atoms with Crippen molar-refractivity contribution in [1.82, 2.24) is 0 Å². The number of rotatable bonds is 2. The van der Waals surface area contributed by atoms with E-state index in [1.54, 1.807) is 0 Å². The molecular formula is C10H17Cl. The predicted molar refractivity (Wildman–Crippen MR) is 49.0 cm³/mol. The third kappa shape index (κ3) is 1.42. The molecule has 2 aliphatic carbocycles. The zero-order chi connectivity index (χ0) is 7.73. The smallest absolute Gasteiger partial charge is 0.0282 e. The van der Waals surface area contributed by atoms with Crippen molar-refractivity contribution in [3.63, 3.8) is 0 Å². The lowest BCUT2D eigenvalue weighted by Crippen LogP contribution is -2.20. The number of halogens is 1. The van der Waals surface area contributed by atoms with Gasteiger partial charge in [0.05, 0.1) is 0 Å². The fourth-order valence-electron chi connectivity index (χ4n) is 2.53. The molecule has 0 unspecified atom stereocenters. The normalized spacial score (nSPS) is 30.3. The van der Waals surface area contributed by atoms with Crippen LogP contribution in [0.2, 0.25) is 0 Å². The minimum absolute atomic E-state index is 0.627. The summed E-state index contributed by atoms with van der Waals surface area (Å²) in [7, 11) is 0. The highest BCUT2D eigenvalue weighted by atomic mass is 35.5. The van der Waals surface area contributed by atoms with Crippen molar-refractivity contribution in [2.24, 2.45) is 11.3 Å². The van der Waals surface area contributed by atoms with Crippen molar-refractivity contribution in [3.05, 3.63) is 0 Å². The molecule has 0 nitrogen and oxygen atoms in total. The summed E-state index contributed by atoms with van der Waals surface area (Å²) in [6.07, 6.45) is 10.2. The zero-order valence-corrected chi connectivity index (χ0v) is 7.87. The summed E-state index contributed by atoms with van der Waals surface area (Å²) < 4.78 is 0. The Morgan fingerprint density at radius 1 is 1.09 bits per heavy atom. The first-order valence-electron chi connectivity index (χ1n) is 4.93. The van der Waals surface area contributed by atoms with Crippen LogP contribution in [0.3, 0.4) is 0 Å². The summed E-state index contributed by atoms with van der Waals surface area (Å²) in [4.78, 5) is 0. The largest absolute Gasteiger partial charge is 0.126 e. The second-order valence-corrected chi connectivity index (χ2v) is 4.60. The number of hydrogen-bond donors (Lipinski definition) is 0. The SMILES string of the molecule is ClCC1(C2CCCCC2)CC1. The highest BCUT2D eigenvalue weighted by Crippen LogP contribution is 2.56. The summed E-state index contributed by atoms with van der Waals surface area (Å²) >= 11 is 5.99. The van der Waals surface area contributed by atoms with Crippen molar-refractivity contribution >= 4 is 11.6 Å². The van der Waals surface area contributed by atoms with E-state index in [0.717, 1.165) is 11.8 Å². The molecular weight excluding hydrogens is 156 g/mol. The van der Waals surface area contributed by atoms with Crippen molar-refractivity contribution in [2.45, 2.75) is 44.9 Å². The van der Waals surface area contributed by atoms with Crippen molar-refractivity contribution < 1.29 is 0 Å². The lowest BCUT2D eigenvalue weighted by atomic mass is 9.79. The van der Waals surface area contributed by atoms with Crippen LogP contribution in [0.4, 0.5) is 0 Å². The van der Waals surface area contributed by atoms with E-state index in [9.17, 15) is 0 Å². The maximum absolute atomic E-state index is 5.99. The third-order valence-electron chi connectivity index (χ3n) is 3.63. The first kappa shape index (κ1) is 7.91. The molecule has 2 saturated carbocycles. The van der Waals surface area contributed by atoms with Crippen LogP contribution < -0.4 is 0 Å². The minimum atomic E-state index is 0.627. The Bertz CT molecular complexity index is 132. The summed E-state index contributed by atoms with van der Waals surface area (Å²) in [6, 6.07) is 0. The zero-order valence-electron chi connectivity index (χ0n) is 7.11. The Kier molecular flexibility index (Phi) is 2.14. The fraction of sp³-hybridized carbons (Fsp3) is 1.00. The molecule has 0 N–H and O–H groups in total. The molecule has 0 atom stereocenters. The average Bonchev–Trinajstić information content (AvgIpc) is 2.86. The molecule has 64 valence electrons. The van der Waals surface area contributed by atoms with Gasteiger partial charge < -0.3 is 0 Å². The molecule has 0 spiro atoms. The minimum Gasteiger partial charge on any atom is -0.126 e. The van der Waals surface area contributed by atoms with Gasteiger partial charge in [-0.3, -0.25) is 0 Å². The van der Waals surface area contributed by atoms with E-state index < -0.39 is 0 Å². The fourth-order valence-corrected chi connectivity index (χ4v) is 3.01. The van der Waals surface area contributed by atoms with Crippen LogP contribution in [-0.4, -0.2) is 5.88 Å².